The third-order valence-corrected chi connectivity index (χ3v) is 6.49. The number of hydrogen-bond donors (Lipinski definition) is 2. The molecule has 2 N–H and O–H groups in total. The Morgan fingerprint density at radius 1 is 1.30 bits per heavy atom. The zero-order valence-electron chi connectivity index (χ0n) is 14.2. The van der Waals surface area contributed by atoms with Gasteiger partial charge in [-0.05, 0) is 56.4 Å². The summed E-state index contributed by atoms with van der Waals surface area (Å²) in [5.41, 5.74) is 0.0640. The Morgan fingerprint density at radius 3 is 2.70 bits per heavy atom. The van der Waals surface area contributed by atoms with Gasteiger partial charge in [-0.15, -0.1) is 0 Å². The SMILES string of the molecule is C=C1C[C@H]2[C@H](C=CCC(C)(O)C3CCCCC3)[C@H](O)C[C@@H]2C1=O. The van der Waals surface area contributed by atoms with E-state index in [0.29, 0.717) is 25.2 Å². The molecule has 0 aromatic rings. The van der Waals surface area contributed by atoms with E-state index in [4.69, 9.17) is 0 Å². The Balaban J connectivity index is 1.61. The van der Waals surface area contributed by atoms with Crippen LogP contribution in [-0.4, -0.2) is 27.7 Å². The Bertz CT molecular complexity index is 499. The van der Waals surface area contributed by atoms with Crippen molar-refractivity contribution in [1.29, 1.82) is 0 Å². The smallest absolute Gasteiger partial charge is 0.161 e. The van der Waals surface area contributed by atoms with Crippen LogP contribution in [0.15, 0.2) is 24.3 Å². The zero-order chi connectivity index (χ0) is 16.6. The minimum Gasteiger partial charge on any atom is -0.392 e. The van der Waals surface area contributed by atoms with Crippen molar-refractivity contribution in [3.63, 3.8) is 0 Å². The number of allylic oxidation sites excluding steroid dienone is 1. The fourth-order valence-electron chi connectivity index (χ4n) is 5.00. The number of carbonyl (C=O) groups excluding carboxylic acids is 1. The first-order valence-electron chi connectivity index (χ1n) is 9.19. The second-order valence-corrected chi connectivity index (χ2v) is 8.15. The van der Waals surface area contributed by atoms with E-state index in [9.17, 15) is 15.0 Å². The van der Waals surface area contributed by atoms with E-state index in [-0.39, 0.29) is 23.5 Å². The van der Waals surface area contributed by atoms with E-state index in [0.717, 1.165) is 18.4 Å². The molecule has 0 aromatic heterocycles. The first-order chi connectivity index (χ1) is 10.9. The van der Waals surface area contributed by atoms with Gasteiger partial charge in [0, 0.05) is 11.8 Å². The molecule has 3 aliphatic carbocycles. The first-order valence-corrected chi connectivity index (χ1v) is 9.19. The number of Topliss-reactive ketones (excluding diaryl/α,β-unsaturated/α-hetero) is 1. The van der Waals surface area contributed by atoms with Gasteiger partial charge >= 0.3 is 0 Å². The highest BCUT2D eigenvalue weighted by atomic mass is 16.3. The Labute approximate surface area is 139 Å². The van der Waals surface area contributed by atoms with Crippen LogP contribution in [0.3, 0.4) is 0 Å². The van der Waals surface area contributed by atoms with Gasteiger partial charge in [0.05, 0.1) is 11.7 Å². The van der Waals surface area contributed by atoms with Gasteiger partial charge < -0.3 is 10.2 Å². The van der Waals surface area contributed by atoms with Crippen LogP contribution >= 0.6 is 0 Å². The highest BCUT2D eigenvalue weighted by Crippen LogP contribution is 2.48. The van der Waals surface area contributed by atoms with Gasteiger partial charge in [-0.2, -0.15) is 0 Å². The highest BCUT2D eigenvalue weighted by molar-refractivity contribution is 5.99. The van der Waals surface area contributed by atoms with Crippen LogP contribution in [-0.2, 0) is 4.79 Å². The number of hydrogen-bond acceptors (Lipinski definition) is 3. The lowest BCUT2D eigenvalue weighted by molar-refractivity contribution is -0.118. The van der Waals surface area contributed by atoms with Crippen molar-refractivity contribution in [2.75, 3.05) is 0 Å². The summed E-state index contributed by atoms with van der Waals surface area (Å²) in [5, 5.41) is 21.0. The van der Waals surface area contributed by atoms with Crippen molar-refractivity contribution in [3.8, 4) is 0 Å². The molecular weight excluding hydrogens is 288 g/mol. The van der Waals surface area contributed by atoms with Crippen LogP contribution in [0.25, 0.3) is 0 Å². The molecule has 0 bridgehead atoms. The number of carbonyl (C=O) groups is 1. The third kappa shape index (κ3) is 3.32. The van der Waals surface area contributed by atoms with Gasteiger partial charge in [0.25, 0.3) is 0 Å². The van der Waals surface area contributed by atoms with E-state index >= 15 is 0 Å². The molecule has 3 heteroatoms. The Morgan fingerprint density at radius 2 is 2.00 bits per heavy atom. The summed E-state index contributed by atoms with van der Waals surface area (Å²) in [5.74, 6) is 0.742. The predicted molar refractivity (Wildman–Crippen MR) is 90.8 cm³/mol. The molecule has 128 valence electrons. The van der Waals surface area contributed by atoms with E-state index < -0.39 is 11.7 Å². The van der Waals surface area contributed by atoms with E-state index in [1.807, 2.05) is 13.0 Å². The van der Waals surface area contributed by atoms with Crippen molar-refractivity contribution < 1.29 is 15.0 Å². The van der Waals surface area contributed by atoms with Crippen molar-refractivity contribution in [2.24, 2.45) is 23.7 Å². The monoisotopic (exact) mass is 318 g/mol. The van der Waals surface area contributed by atoms with Gasteiger partial charge in [-0.25, -0.2) is 0 Å². The molecule has 3 saturated carbocycles. The van der Waals surface area contributed by atoms with Gasteiger partial charge in [-0.3, -0.25) is 4.79 Å². The zero-order valence-corrected chi connectivity index (χ0v) is 14.2. The Kier molecular flexibility index (Phi) is 4.80. The molecule has 0 aliphatic heterocycles. The first kappa shape index (κ1) is 16.9. The fraction of sp³-hybridized carbons (Fsp3) is 0.750. The maximum Gasteiger partial charge on any atom is 0.161 e. The molecule has 0 amide bonds. The Hall–Kier alpha value is -0.930. The van der Waals surface area contributed by atoms with Crippen LogP contribution in [0.2, 0.25) is 0 Å². The third-order valence-electron chi connectivity index (χ3n) is 6.49. The van der Waals surface area contributed by atoms with Gasteiger partial charge in [0.2, 0.25) is 0 Å². The summed E-state index contributed by atoms with van der Waals surface area (Å²) in [6, 6.07) is 0. The molecule has 0 heterocycles. The van der Waals surface area contributed by atoms with Crippen LogP contribution in [0.1, 0.15) is 58.3 Å². The lowest BCUT2D eigenvalue weighted by Gasteiger charge is -2.35. The summed E-state index contributed by atoms with van der Waals surface area (Å²) in [6.45, 7) is 5.81. The van der Waals surface area contributed by atoms with Crippen molar-refractivity contribution in [1.82, 2.24) is 0 Å². The minimum absolute atomic E-state index is 0.0327. The number of aliphatic hydroxyl groups is 2. The molecule has 23 heavy (non-hydrogen) atoms. The second kappa shape index (κ2) is 6.52. The van der Waals surface area contributed by atoms with Crippen molar-refractivity contribution in [2.45, 2.75) is 70.0 Å². The fourth-order valence-corrected chi connectivity index (χ4v) is 5.00. The van der Waals surface area contributed by atoms with Gasteiger partial charge in [0.15, 0.2) is 5.78 Å². The average Bonchev–Trinajstić information content (AvgIpc) is 2.97. The predicted octanol–water partition coefficient (Wildman–Crippen LogP) is 3.41. The normalized spacial score (nSPS) is 38.2. The molecular formula is C20H30O3. The number of rotatable bonds is 4. The topological polar surface area (TPSA) is 57.5 Å². The van der Waals surface area contributed by atoms with Gasteiger partial charge in [-0.1, -0.05) is 38.0 Å². The summed E-state index contributed by atoms with van der Waals surface area (Å²) in [6.07, 6.45) is 11.5. The molecule has 3 rings (SSSR count). The summed E-state index contributed by atoms with van der Waals surface area (Å²) in [4.78, 5) is 12.0. The molecule has 0 spiro atoms. The quantitative estimate of drug-likeness (QED) is 0.617. The van der Waals surface area contributed by atoms with Crippen LogP contribution in [0.4, 0.5) is 0 Å². The minimum atomic E-state index is -0.658. The highest BCUT2D eigenvalue weighted by Gasteiger charge is 2.49. The number of aliphatic hydroxyl groups excluding tert-OH is 1. The largest absolute Gasteiger partial charge is 0.392 e. The molecule has 0 aromatic carbocycles. The summed E-state index contributed by atoms with van der Waals surface area (Å²) < 4.78 is 0. The average molecular weight is 318 g/mol. The maximum atomic E-state index is 12.0. The lowest BCUT2D eigenvalue weighted by Crippen LogP contribution is -2.35. The van der Waals surface area contributed by atoms with Crippen LogP contribution in [0.5, 0.6) is 0 Å². The van der Waals surface area contributed by atoms with E-state index in [1.165, 1.54) is 19.3 Å². The van der Waals surface area contributed by atoms with Crippen molar-refractivity contribution in [3.05, 3.63) is 24.3 Å². The second-order valence-electron chi connectivity index (χ2n) is 8.15. The number of fused-ring (bicyclic) bond motifs is 1. The maximum absolute atomic E-state index is 12.0. The molecule has 3 aliphatic rings. The van der Waals surface area contributed by atoms with Crippen LogP contribution < -0.4 is 0 Å². The standard InChI is InChI=1S/C20H30O3/c1-13-11-16-15(18(21)12-17(16)19(13)22)9-6-10-20(2,23)14-7-4-3-5-8-14/h6,9,14-18,21,23H,1,3-5,7-8,10-12H2,2H3/t15-,16-,17-,18+,20?/m0/s1. The van der Waals surface area contributed by atoms with Crippen molar-refractivity contribution >= 4 is 5.78 Å². The van der Waals surface area contributed by atoms with E-state index in [2.05, 4.69) is 12.7 Å². The lowest BCUT2D eigenvalue weighted by atomic mass is 9.76. The molecule has 5 atom stereocenters. The summed E-state index contributed by atoms with van der Waals surface area (Å²) in [7, 11) is 0. The summed E-state index contributed by atoms with van der Waals surface area (Å²) >= 11 is 0. The van der Waals surface area contributed by atoms with E-state index in [1.54, 1.807) is 0 Å². The molecule has 0 saturated heterocycles. The number of ketones is 1. The molecule has 0 radical (unpaired) electrons. The molecule has 3 fully saturated rings. The molecule has 1 unspecified atom stereocenters. The molecule has 3 nitrogen and oxygen atoms in total. The van der Waals surface area contributed by atoms with Gasteiger partial charge in [0.1, 0.15) is 0 Å². The van der Waals surface area contributed by atoms with Crippen LogP contribution in [0, 0.1) is 23.7 Å².